The summed E-state index contributed by atoms with van der Waals surface area (Å²) in [6.07, 6.45) is 2.92. The number of carboxylic acids is 1. The first-order chi connectivity index (χ1) is 10.9. The predicted octanol–water partition coefficient (Wildman–Crippen LogP) is 4.77. The molecule has 3 rings (SSSR count). The topological polar surface area (TPSA) is 46.5 Å². The summed E-state index contributed by atoms with van der Waals surface area (Å²) in [6, 6.07) is 7.94. The summed E-state index contributed by atoms with van der Waals surface area (Å²) in [4.78, 5) is 14.1. The van der Waals surface area contributed by atoms with Gasteiger partial charge in [-0.05, 0) is 41.4 Å². The number of thiophene rings is 1. The molecule has 1 heterocycles. The lowest BCUT2D eigenvalue weighted by molar-refractivity contribution is 0.0696. The van der Waals surface area contributed by atoms with E-state index >= 15 is 0 Å². The second-order valence-electron chi connectivity index (χ2n) is 6.94. The Morgan fingerprint density at radius 3 is 2.78 bits per heavy atom. The minimum absolute atomic E-state index is 0.168. The highest BCUT2D eigenvalue weighted by molar-refractivity contribution is 7.16. The number of rotatable bonds is 4. The van der Waals surface area contributed by atoms with Crippen LogP contribution in [0.4, 0.5) is 0 Å². The fourth-order valence-corrected chi connectivity index (χ4v) is 4.73. The van der Waals surface area contributed by atoms with Crippen LogP contribution in [-0.2, 0) is 24.2 Å². The van der Waals surface area contributed by atoms with Crippen molar-refractivity contribution < 1.29 is 14.6 Å². The maximum atomic E-state index is 12.0. The Morgan fingerprint density at radius 1 is 1.35 bits per heavy atom. The summed E-state index contributed by atoms with van der Waals surface area (Å²) in [5.74, 6) is -0.817. The smallest absolute Gasteiger partial charge is 0.337 e. The van der Waals surface area contributed by atoms with Gasteiger partial charge in [-0.15, -0.1) is 11.3 Å². The molecule has 0 radical (unpaired) electrons. The quantitative estimate of drug-likeness (QED) is 0.878. The summed E-state index contributed by atoms with van der Waals surface area (Å²) < 4.78 is 5.28. The largest absolute Gasteiger partial charge is 0.478 e. The number of carbonyl (C=O) groups is 1. The molecule has 0 saturated heterocycles. The molecule has 0 bridgehead atoms. The monoisotopic (exact) mass is 330 g/mol. The van der Waals surface area contributed by atoms with Gasteiger partial charge in [0.15, 0.2) is 0 Å². The second-order valence-corrected chi connectivity index (χ2v) is 8.05. The zero-order valence-electron chi connectivity index (χ0n) is 13.8. The molecule has 2 aromatic rings. The van der Waals surface area contributed by atoms with Crippen LogP contribution in [0.2, 0.25) is 0 Å². The summed E-state index contributed by atoms with van der Waals surface area (Å²) >= 11 is 1.65. The Bertz CT molecular complexity index is 743. The van der Waals surface area contributed by atoms with Gasteiger partial charge in [0.25, 0.3) is 0 Å². The van der Waals surface area contributed by atoms with E-state index in [2.05, 4.69) is 13.8 Å². The van der Waals surface area contributed by atoms with Crippen molar-refractivity contribution in [2.24, 2.45) is 5.41 Å². The number of carboxylic acid groups (broad SMARTS) is 1. The van der Waals surface area contributed by atoms with Crippen molar-refractivity contribution >= 4 is 17.3 Å². The molecule has 1 aromatic carbocycles. The molecule has 0 atom stereocenters. The molecule has 4 heteroatoms. The van der Waals surface area contributed by atoms with Gasteiger partial charge in [-0.3, -0.25) is 0 Å². The number of hydrogen-bond donors (Lipinski definition) is 1. The van der Waals surface area contributed by atoms with Crippen LogP contribution < -0.4 is 0 Å². The fourth-order valence-electron chi connectivity index (χ4n) is 3.36. The first kappa shape index (κ1) is 16.2. The molecule has 122 valence electrons. The van der Waals surface area contributed by atoms with Crippen LogP contribution in [0.25, 0.3) is 10.4 Å². The molecule has 1 aliphatic carbocycles. The number of aryl methyl sites for hydroxylation is 1. The summed E-state index contributed by atoms with van der Waals surface area (Å²) in [5, 5.41) is 9.84. The van der Waals surface area contributed by atoms with Crippen LogP contribution in [0, 0.1) is 5.41 Å². The van der Waals surface area contributed by atoms with Gasteiger partial charge in [-0.1, -0.05) is 38.1 Å². The van der Waals surface area contributed by atoms with Crippen LogP contribution in [-0.4, -0.2) is 18.2 Å². The summed E-state index contributed by atoms with van der Waals surface area (Å²) in [7, 11) is 1.66. The van der Waals surface area contributed by atoms with Gasteiger partial charge >= 0.3 is 5.97 Å². The zero-order chi connectivity index (χ0) is 16.6. The number of methoxy groups -OCH3 is 1. The molecular formula is C19H22O3S. The molecule has 0 amide bonds. The predicted molar refractivity (Wildman–Crippen MR) is 93.2 cm³/mol. The Balaban J connectivity index is 2.18. The fraction of sp³-hybridized carbons (Fsp3) is 0.421. The molecule has 0 saturated carbocycles. The lowest BCUT2D eigenvalue weighted by atomic mass is 9.76. The molecule has 0 unspecified atom stereocenters. The highest BCUT2D eigenvalue weighted by atomic mass is 32.1. The van der Waals surface area contributed by atoms with E-state index in [1.54, 1.807) is 18.4 Å². The third-order valence-corrected chi connectivity index (χ3v) is 5.88. The maximum Gasteiger partial charge on any atom is 0.337 e. The second kappa shape index (κ2) is 6.10. The zero-order valence-corrected chi connectivity index (χ0v) is 14.6. The van der Waals surface area contributed by atoms with E-state index in [0.717, 1.165) is 40.8 Å². The third-order valence-electron chi connectivity index (χ3n) is 4.55. The maximum absolute atomic E-state index is 12.0. The van der Waals surface area contributed by atoms with Crippen molar-refractivity contribution in [3.05, 3.63) is 45.8 Å². The van der Waals surface area contributed by atoms with E-state index < -0.39 is 5.97 Å². The van der Waals surface area contributed by atoms with E-state index in [9.17, 15) is 9.90 Å². The Hall–Kier alpha value is -1.65. The highest BCUT2D eigenvalue weighted by Gasteiger charge is 2.33. The van der Waals surface area contributed by atoms with Crippen molar-refractivity contribution in [3.8, 4) is 10.4 Å². The molecule has 1 aromatic heterocycles. The Morgan fingerprint density at radius 2 is 2.09 bits per heavy atom. The minimum atomic E-state index is -0.817. The van der Waals surface area contributed by atoms with Gasteiger partial charge < -0.3 is 9.84 Å². The molecule has 0 fully saturated rings. The molecule has 0 aliphatic heterocycles. The van der Waals surface area contributed by atoms with Crippen LogP contribution in [0.1, 0.15) is 46.6 Å². The van der Waals surface area contributed by atoms with Crippen LogP contribution >= 0.6 is 11.3 Å². The van der Waals surface area contributed by atoms with Crippen molar-refractivity contribution in [2.45, 2.75) is 39.7 Å². The van der Waals surface area contributed by atoms with Gasteiger partial charge in [0.1, 0.15) is 0 Å². The molecule has 0 spiro atoms. The molecule has 23 heavy (non-hydrogen) atoms. The normalized spacial score (nSPS) is 16.1. The van der Waals surface area contributed by atoms with Crippen LogP contribution in [0.15, 0.2) is 24.3 Å². The molecule has 1 aliphatic rings. The minimum Gasteiger partial charge on any atom is -0.478 e. The standard InChI is InChI=1S/C19H22O3S/c1-19(2)9-8-15-14(10-19)16(18(20)21)17(23-15)13-7-5-4-6-12(13)11-22-3/h4-7H,8-11H2,1-3H3,(H,20,21). The van der Waals surface area contributed by atoms with Gasteiger partial charge in [-0.25, -0.2) is 4.79 Å². The van der Waals surface area contributed by atoms with Crippen LogP contribution in [0.3, 0.4) is 0 Å². The third kappa shape index (κ3) is 3.06. The Labute approximate surface area is 140 Å². The SMILES string of the molecule is COCc1ccccc1-c1sc2c(c1C(=O)O)CC(C)(C)CC2. The van der Waals surface area contributed by atoms with E-state index in [-0.39, 0.29) is 5.41 Å². The van der Waals surface area contributed by atoms with Crippen molar-refractivity contribution in [2.75, 3.05) is 7.11 Å². The van der Waals surface area contributed by atoms with Gasteiger partial charge in [0.05, 0.1) is 12.2 Å². The van der Waals surface area contributed by atoms with E-state index in [1.807, 2.05) is 24.3 Å². The van der Waals surface area contributed by atoms with Crippen molar-refractivity contribution in [1.29, 1.82) is 0 Å². The lowest BCUT2D eigenvalue weighted by Gasteiger charge is -2.29. The molecule has 1 N–H and O–H groups in total. The average Bonchev–Trinajstić information content (AvgIpc) is 2.85. The van der Waals surface area contributed by atoms with Crippen molar-refractivity contribution in [1.82, 2.24) is 0 Å². The number of fused-ring (bicyclic) bond motifs is 1. The summed E-state index contributed by atoms with van der Waals surface area (Å²) in [6.45, 7) is 4.93. The first-order valence-corrected chi connectivity index (χ1v) is 8.69. The van der Waals surface area contributed by atoms with Gasteiger partial charge in [0.2, 0.25) is 0 Å². The lowest BCUT2D eigenvalue weighted by Crippen LogP contribution is -2.22. The summed E-state index contributed by atoms with van der Waals surface area (Å²) in [5.41, 5.74) is 3.74. The number of benzene rings is 1. The van der Waals surface area contributed by atoms with Crippen molar-refractivity contribution in [3.63, 3.8) is 0 Å². The molecular weight excluding hydrogens is 308 g/mol. The number of ether oxygens (including phenoxy) is 1. The number of hydrogen-bond acceptors (Lipinski definition) is 3. The van der Waals surface area contributed by atoms with Gasteiger partial charge in [0, 0.05) is 16.9 Å². The van der Waals surface area contributed by atoms with Crippen LogP contribution in [0.5, 0.6) is 0 Å². The highest BCUT2D eigenvalue weighted by Crippen LogP contribution is 2.45. The van der Waals surface area contributed by atoms with Gasteiger partial charge in [-0.2, -0.15) is 0 Å². The Kier molecular flexibility index (Phi) is 4.30. The van der Waals surface area contributed by atoms with E-state index in [4.69, 9.17) is 4.74 Å². The van der Waals surface area contributed by atoms with E-state index in [0.29, 0.717) is 12.2 Å². The molecule has 3 nitrogen and oxygen atoms in total. The van der Waals surface area contributed by atoms with E-state index in [1.165, 1.54) is 4.88 Å². The first-order valence-electron chi connectivity index (χ1n) is 7.88. The average molecular weight is 330 g/mol. The number of aromatic carboxylic acids is 1.